The summed E-state index contributed by atoms with van der Waals surface area (Å²) in [6, 6.07) is 24.0. The summed E-state index contributed by atoms with van der Waals surface area (Å²) in [7, 11) is 0. The first-order valence-corrected chi connectivity index (χ1v) is 12.1. The van der Waals surface area contributed by atoms with Crippen molar-refractivity contribution in [1.29, 1.82) is 0 Å². The van der Waals surface area contributed by atoms with Crippen LogP contribution in [0.5, 0.6) is 5.75 Å². The van der Waals surface area contributed by atoms with E-state index in [1.54, 1.807) is 23.6 Å². The molecule has 1 aromatic heterocycles. The third kappa shape index (κ3) is 5.38. The van der Waals surface area contributed by atoms with Crippen LogP contribution >= 0.6 is 0 Å². The van der Waals surface area contributed by atoms with E-state index >= 15 is 0 Å². The SMILES string of the molecule is Cc1cc(CNC(=O)c2nc3n(c(=O)c2OCc2ccccc2)CCN3Cc2ccccc2)ccc1F. The van der Waals surface area contributed by atoms with E-state index in [1.807, 2.05) is 65.6 Å². The molecule has 0 atom stereocenters. The van der Waals surface area contributed by atoms with Gasteiger partial charge in [-0.05, 0) is 35.2 Å². The van der Waals surface area contributed by atoms with E-state index in [9.17, 15) is 14.0 Å². The van der Waals surface area contributed by atoms with E-state index in [2.05, 4.69) is 10.3 Å². The van der Waals surface area contributed by atoms with E-state index in [0.29, 0.717) is 31.1 Å². The molecule has 0 aliphatic carbocycles. The Balaban J connectivity index is 1.45. The van der Waals surface area contributed by atoms with Crippen LogP contribution < -0.4 is 20.5 Å². The number of carbonyl (C=O) groups excluding carboxylic acids is 1. The molecule has 8 heteroatoms. The van der Waals surface area contributed by atoms with Gasteiger partial charge in [-0.2, -0.15) is 0 Å². The van der Waals surface area contributed by atoms with E-state index in [0.717, 1.165) is 16.7 Å². The lowest BCUT2D eigenvalue weighted by Crippen LogP contribution is -2.31. The summed E-state index contributed by atoms with van der Waals surface area (Å²) in [6.45, 7) is 3.56. The van der Waals surface area contributed by atoms with Crippen LogP contribution in [0.15, 0.2) is 83.7 Å². The van der Waals surface area contributed by atoms with Crippen molar-refractivity contribution < 1.29 is 13.9 Å². The summed E-state index contributed by atoms with van der Waals surface area (Å²) in [5.74, 6) is -0.485. The summed E-state index contributed by atoms with van der Waals surface area (Å²) in [5.41, 5.74) is 2.72. The molecule has 1 N–H and O–H groups in total. The number of aromatic nitrogens is 2. The molecule has 1 aliphatic heterocycles. The second-order valence-electron chi connectivity index (χ2n) is 8.99. The first kappa shape index (κ1) is 24.2. The molecular formula is C29H27FN4O3. The van der Waals surface area contributed by atoms with Crippen molar-refractivity contribution in [1.82, 2.24) is 14.9 Å². The van der Waals surface area contributed by atoms with Crippen LogP contribution in [0, 0.1) is 12.7 Å². The van der Waals surface area contributed by atoms with Crippen LogP contribution in [-0.4, -0.2) is 22.0 Å². The number of anilines is 1. The van der Waals surface area contributed by atoms with Crippen molar-refractivity contribution in [3.05, 3.63) is 123 Å². The zero-order valence-corrected chi connectivity index (χ0v) is 20.5. The molecule has 188 valence electrons. The molecule has 7 nitrogen and oxygen atoms in total. The average molecular weight is 499 g/mol. The van der Waals surface area contributed by atoms with Crippen molar-refractivity contribution in [2.45, 2.75) is 33.2 Å². The predicted octanol–water partition coefficient (Wildman–Crippen LogP) is 4.22. The number of carbonyl (C=O) groups is 1. The van der Waals surface area contributed by atoms with Gasteiger partial charge < -0.3 is 15.0 Å². The number of halogens is 1. The summed E-state index contributed by atoms with van der Waals surface area (Å²) >= 11 is 0. The minimum atomic E-state index is -0.530. The van der Waals surface area contributed by atoms with Crippen LogP contribution in [0.2, 0.25) is 0 Å². The van der Waals surface area contributed by atoms with Gasteiger partial charge in [-0.1, -0.05) is 72.8 Å². The van der Waals surface area contributed by atoms with Gasteiger partial charge in [0.05, 0.1) is 0 Å². The van der Waals surface area contributed by atoms with Gasteiger partial charge in [-0.3, -0.25) is 14.2 Å². The number of hydrogen-bond acceptors (Lipinski definition) is 5. The molecule has 3 aromatic carbocycles. The van der Waals surface area contributed by atoms with Crippen LogP contribution in [0.4, 0.5) is 10.3 Å². The highest BCUT2D eigenvalue weighted by Gasteiger charge is 2.29. The fourth-order valence-corrected chi connectivity index (χ4v) is 4.34. The number of benzene rings is 3. The van der Waals surface area contributed by atoms with E-state index < -0.39 is 5.91 Å². The van der Waals surface area contributed by atoms with Crippen molar-refractivity contribution >= 4 is 11.9 Å². The largest absolute Gasteiger partial charge is 0.481 e. The summed E-state index contributed by atoms with van der Waals surface area (Å²) in [5, 5.41) is 2.81. The molecule has 1 aliphatic rings. The number of ether oxygens (including phenoxy) is 1. The van der Waals surface area contributed by atoms with Crippen LogP contribution in [0.1, 0.15) is 32.7 Å². The Hall–Kier alpha value is -4.46. The highest BCUT2D eigenvalue weighted by atomic mass is 19.1. The Bertz CT molecular complexity index is 1470. The normalized spacial score (nSPS) is 12.3. The van der Waals surface area contributed by atoms with Gasteiger partial charge in [0.25, 0.3) is 11.5 Å². The lowest BCUT2D eigenvalue weighted by molar-refractivity contribution is 0.0940. The second kappa shape index (κ2) is 10.7. The number of nitrogens with one attached hydrogen (secondary N) is 1. The Morgan fingerprint density at radius 1 is 0.973 bits per heavy atom. The van der Waals surface area contributed by atoms with Gasteiger partial charge in [0.2, 0.25) is 11.7 Å². The van der Waals surface area contributed by atoms with Crippen molar-refractivity contribution in [2.75, 3.05) is 11.4 Å². The fourth-order valence-electron chi connectivity index (χ4n) is 4.34. The highest BCUT2D eigenvalue weighted by molar-refractivity contribution is 5.95. The summed E-state index contributed by atoms with van der Waals surface area (Å²) in [6.07, 6.45) is 0. The second-order valence-corrected chi connectivity index (χ2v) is 8.99. The van der Waals surface area contributed by atoms with Crippen LogP contribution in [0.25, 0.3) is 0 Å². The topological polar surface area (TPSA) is 76.5 Å². The van der Waals surface area contributed by atoms with E-state index in [4.69, 9.17) is 4.74 Å². The first-order valence-electron chi connectivity index (χ1n) is 12.1. The Morgan fingerprint density at radius 2 is 1.68 bits per heavy atom. The molecule has 0 spiro atoms. The van der Waals surface area contributed by atoms with E-state index in [-0.39, 0.29) is 36.0 Å². The number of fused-ring (bicyclic) bond motifs is 1. The molecule has 0 saturated heterocycles. The van der Waals surface area contributed by atoms with Crippen molar-refractivity contribution in [3.8, 4) is 5.75 Å². The lowest BCUT2D eigenvalue weighted by atomic mass is 10.1. The molecule has 0 bridgehead atoms. The number of hydrogen-bond donors (Lipinski definition) is 1. The summed E-state index contributed by atoms with van der Waals surface area (Å²) in [4.78, 5) is 33.5. The lowest BCUT2D eigenvalue weighted by Gasteiger charge is -2.19. The van der Waals surface area contributed by atoms with Crippen molar-refractivity contribution in [3.63, 3.8) is 0 Å². The number of aryl methyl sites for hydroxylation is 1. The Morgan fingerprint density at radius 3 is 2.38 bits per heavy atom. The van der Waals surface area contributed by atoms with Gasteiger partial charge >= 0.3 is 0 Å². The monoisotopic (exact) mass is 498 g/mol. The Labute approximate surface area is 214 Å². The minimum Gasteiger partial charge on any atom is -0.481 e. The quantitative estimate of drug-likeness (QED) is 0.394. The van der Waals surface area contributed by atoms with Gasteiger partial charge in [-0.15, -0.1) is 0 Å². The molecule has 2 heterocycles. The maximum atomic E-state index is 13.6. The third-order valence-corrected chi connectivity index (χ3v) is 6.32. The Kier molecular flexibility index (Phi) is 6.98. The smallest absolute Gasteiger partial charge is 0.298 e. The van der Waals surface area contributed by atoms with Crippen LogP contribution in [-0.2, 0) is 26.2 Å². The number of rotatable bonds is 8. The third-order valence-electron chi connectivity index (χ3n) is 6.32. The van der Waals surface area contributed by atoms with Gasteiger partial charge in [-0.25, -0.2) is 9.37 Å². The van der Waals surface area contributed by atoms with Crippen LogP contribution in [0.3, 0.4) is 0 Å². The molecule has 5 rings (SSSR count). The maximum absolute atomic E-state index is 13.6. The molecule has 1 amide bonds. The fraction of sp³-hybridized carbons (Fsp3) is 0.207. The zero-order valence-electron chi connectivity index (χ0n) is 20.5. The molecule has 37 heavy (non-hydrogen) atoms. The molecule has 0 saturated carbocycles. The molecule has 4 aromatic rings. The van der Waals surface area contributed by atoms with E-state index in [1.165, 1.54) is 6.07 Å². The number of amides is 1. The average Bonchev–Trinajstić information content (AvgIpc) is 3.32. The molecule has 0 fully saturated rings. The molecular weight excluding hydrogens is 471 g/mol. The zero-order chi connectivity index (χ0) is 25.8. The van der Waals surface area contributed by atoms with Gasteiger partial charge in [0.1, 0.15) is 12.4 Å². The first-order chi connectivity index (χ1) is 18.0. The standard InChI is InChI=1S/C29H27FN4O3/c1-20-16-23(12-13-24(20)30)17-31-27(35)25-26(37-19-22-10-6-3-7-11-22)28(36)34-15-14-33(29(34)32-25)18-21-8-4-2-5-9-21/h2-13,16H,14-15,17-19H2,1H3,(H,31,35). The minimum absolute atomic E-state index is 0.0639. The van der Waals surface area contributed by atoms with Gasteiger partial charge in [0, 0.05) is 26.2 Å². The molecule has 0 radical (unpaired) electrons. The summed E-state index contributed by atoms with van der Waals surface area (Å²) < 4.78 is 21.1. The maximum Gasteiger partial charge on any atom is 0.298 e. The van der Waals surface area contributed by atoms with Crippen molar-refractivity contribution in [2.24, 2.45) is 0 Å². The predicted molar refractivity (Wildman–Crippen MR) is 139 cm³/mol. The number of nitrogens with zero attached hydrogens (tertiary/aromatic N) is 3. The van der Waals surface area contributed by atoms with Gasteiger partial charge in [0.15, 0.2) is 5.69 Å². The highest BCUT2D eigenvalue weighted by Crippen LogP contribution is 2.24. The molecule has 0 unspecified atom stereocenters.